The van der Waals surface area contributed by atoms with Crippen molar-refractivity contribution in [3.8, 4) is 6.07 Å². The van der Waals surface area contributed by atoms with Crippen LogP contribution in [0.1, 0.15) is 69.2 Å². The summed E-state index contributed by atoms with van der Waals surface area (Å²) in [6, 6.07) is 2.27. The van der Waals surface area contributed by atoms with Crippen molar-refractivity contribution in [2.24, 2.45) is 5.92 Å². The summed E-state index contributed by atoms with van der Waals surface area (Å²) in [5.41, 5.74) is 0.440. The number of fused-ring (bicyclic) bond motifs is 3. The fraction of sp³-hybridized carbons (Fsp3) is 0.652. The molecule has 4 rings (SSSR count). The van der Waals surface area contributed by atoms with Crippen LogP contribution in [0.15, 0.2) is 9.95 Å². The topological polar surface area (TPSA) is 87.8 Å². The maximum atomic E-state index is 13.4. The first-order valence-electron chi connectivity index (χ1n) is 11.4. The minimum atomic E-state index is -0.802. The van der Waals surface area contributed by atoms with Gasteiger partial charge in [-0.3, -0.25) is 14.2 Å². The third-order valence-electron chi connectivity index (χ3n) is 6.38. The van der Waals surface area contributed by atoms with Crippen LogP contribution in [0.25, 0.3) is 10.2 Å². The van der Waals surface area contributed by atoms with E-state index in [4.69, 9.17) is 4.98 Å². The fourth-order valence-electron chi connectivity index (χ4n) is 4.40. The van der Waals surface area contributed by atoms with E-state index in [1.807, 2.05) is 0 Å². The first-order chi connectivity index (χ1) is 15.0. The lowest BCUT2D eigenvalue weighted by atomic mass is 9.98. The molecule has 2 aliphatic carbocycles. The van der Waals surface area contributed by atoms with Gasteiger partial charge in [0.1, 0.15) is 10.4 Å². The van der Waals surface area contributed by atoms with Crippen molar-refractivity contribution in [1.82, 2.24) is 14.9 Å². The van der Waals surface area contributed by atoms with Crippen LogP contribution in [0.5, 0.6) is 0 Å². The third kappa shape index (κ3) is 4.68. The number of thioether (sulfide) groups is 1. The van der Waals surface area contributed by atoms with Gasteiger partial charge in [0.25, 0.3) is 5.56 Å². The van der Waals surface area contributed by atoms with Gasteiger partial charge in [-0.05, 0) is 56.9 Å². The zero-order chi connectivity index (χ0) is 22.0. The second kappa shape index (κ2) is 9.33. The molecule has 1 fully saturated rings. The summed E-state index contributed by atoms with van der Waals surface area (Å²) in [6.45, 7) is 4.60. The predicted octanol–water partition coefficient (Wildman–Crippen LogP) is 4.43. The number of carbonyl (C=O) groups is 1. The highest BCUT2D eigenvalue weighted by Gasteiger charge is 2.43. The molecule has 166 valence electrons. The quantitative estimate of drug-likeness (QED) is 0.323. The Morgan fingerprint density at radius 1 is 1.35 bits per heavy atom. The Hall–Kier alpha value is -1.85. The monoisotopic (exact) mass is 458 g/mol. The van der Waals surface area contributed by atoms with Gasteiger partial charge in [-0.1, -0.05) is 37.9 Å². The summed E-state index contributed by atoms with van der Waals surface area (Å²) in [4.78, 5) is 33.0. The summed E-state index contributed by atoms with van der Waals surface area (Å²) in [7, 11) is 0. The van der Waals surface area contributed by atoms with E-state index in [0.717, 1.165) is 68.0 Å². The Bertz CT molecular complexity index is 1080. The van der Waals surface area contributed by atoms with Gasteiger partial charge in [0, 0.05) is 11.4 Å². The molecule has 0 radical (unpaired) electrons. The molecule has 2 aromatic rings. The molecule has 1 unspecified atom stereocenters. The fourth-order valence-corrected chi connectivity index (χ4v) is 6.53. The SMILES string of the molecule is CCCCCCn1c(SCC(=O)NC(C)(C#N)C2CC2)nc2sc3c(c2c1=O)CCC3. The summed E-state index contributed by atoms with van der Waals surface area (Å²) < 4.78 is 1.78. The normalized spacial score (nSPS) is 17.3. The standard InChI is InChI=1S/C23H30N4O2S2/c1-3-4-5-6-12-27-21(29)19-16-8-7-9-17(16)31-20(19)25-22(27)30-13-18(28)26-23(2,14-24)15-10-11-15/h15H,3-13H2,1-2H3,(H,26,28). The highest BCUT2D eigenvalue weighted by Crippen LogP contribution is 2.39. The summed E-state index contributed by atoms with van der Waals surface area (Å²) in [5, 5.41) is 13.8. The lowest BCUT2D eigenvalue weighted by molar-refractivity contribution is -0.119. The van der Waals surface area contributed by atoms with Gasteiger partial charge in [0.15, 0.2) is 5.16 Å². The van der Waals surface area contributed by atoms with E-state index in [9.17, 15) is 14.9 Å². The number of hydrogen-bond acceptors (Lipinski definition) is 6. The van der Waals surface area contributed by atoms with Gasteiger partial charge in [-0.15, -0.1) is 11.3 Å². The number of hydrogen-bond donors (Lipinski definition) is 1. The number of thiophene rings is 1. The maximum absolute atomic E-state index is 13.4. The Balaban J connectivity index is 1.56. The van der Waals surface area contributed by atoms with Crippen LogP contribution in [0.2, 0.25) is 0 Å². The van der Waals surface area contributed by atoms with Crippen molar-refractivity contribution in [2.45, 2.75) is 88.9 Å². The predicted molar refractivity (Wildman–Crippen MR) is 126 cm³/mol. The van der Waals surface area contributed by atoms with Crippen LogP contribution in [0.4, 0.5) is 0 Å². The summed E-state index contributed by atoms with van der Waals surface area (Å²) >= 11 is 2.94. The molecule has 2 heterocycles. The molecule has 0 bridgehead atoms. The van der Waals surface area contributed by atoms with Crippen LogP contribution in [0.3, 0.4) is 0 Å². The Morgan fingerprint density at radius 2 is 2.16 bits per heavy atom. The molecule has 0 aromatic carbocycles. The number of rotatable bonds is 10. The number of unbranched alkanes of at least 4 members (excludes halogenated alkanes) is 3. The molecular weight excluding hydrogens is 428 g/mol. The van der Waals surface area contributed by atoms with Gasteiger partial charge in [-0.25, -0.2) is 4.98 Å². The minimum absolute atomic E-state index is 0.0450. The average molecular weight is 459 g/mol. The van der Waals surface area contributed by atoms with Gasteiger partial charge < -0.3 is 5.32 Å². The second-order valence-corrected chi connectivity index (χ2v) is 10.9. The van der Waals surface area contributed by atoms with Crippen LogP contribution >= 0.6 is 23.1 Å². The van der Waals surface area contributed by atoms with Crippen molar-refractivity contribution < 1.29 is 4.79 Å². The van der Waals surface area contributed by atoms with Gasteiger partial charge in [0.2, 0.25) is 5.91 Å². The molecule has 1 amide bonds. The molecule has 1 N–H and O–H groups in total. The van der Waals surface area contributed by atoms with Crippen LogP contribution in [-0.2, 0) is 24.2 Å². The van der Waals surface area contributed by atoms with E-state index in [0.29, 0.717) is 11.7 Å². The van der Waals surface area contributed by atoms with Crippen LogP contribution < -0.4 is 10.9 Å². The number of nitriles is 1. The lowest BCUT2D eigenvalue weighted by Gasteiger charge is -2.22. The number of nitrogens with zero attached hydrogens (tertiary/aromatic N) is 3. The molecule has 2 aliphatic rings. The van der Waals surface area contributed by atoms with Crippen molar-refractivity contribution in [1.29, 1.82) is 5.26 Å². The smallest absolute Gasteiger partial charge is 0.263 e. The van der Waals surface area contributed by atoms with Crippen molar-refractivity contribution in [3.63, 3.8) is 0 Å². The highest BCUT2D eigenvalue weighted by molar-refractivity contribution is 7.99. The molecule has 6 nitrogen and oxygen atoms in total. The number of aromatic nitrogens is 2. The van der Waals surface area contributed by atoms with E-state index in [2.05, 4.69) is 18.3 Å². The Labute approximate surface area is 191 Å². The summed E-state index contributed by atoms with van der Waals surface area (Å²) in [6.07, 6.45) is 9.38. The Kier molecular flexibility index (Phi) is 6.73. The first kappa shape index (κ1) is 22.3. The molecule has 0 saturated heterocycles. The lowest BCUT2D eigenvalue weighted by Crippen LogP contribution is -2.47. The second-order valence-electron chi connectivity index (χ2n) is 8.87. The zero-order valence-electron chi connectivity index (χ0n) is 18.3. The van der Waals surface area contributed by atoms with E-state index < -0.39 is 5.54 Å². The Morgan fingerprint density at radius 3 is 2.87 bits per heavy atom. The highest BCUT2D eigenvalue weighted by atomic mass is 32.2. The average Bonchev–Trinajstić information content (AvgIpc) is 3.43. The number of nitrogens with one attached hydrogen (secondary N) is 1. The van der Waals surface area contributed by atoms with E-state index in [1.54, 1.807) is 22.8 Å². The van der Waals surface area contributed by atoms with E-state index >= 15 is 0 Å². The zero-order valence-corrected chi connectivity index (χ0v) is 20.0. The summed E-state index contributed by atoms with van der Waals surface area (Å²) in [5.74, 6) is 0.217. The molecule has 31 heavy (non-hydrogen) atoms. The van der Waals surface area contributed by atoms with E-state index in [-0.39, 0.29) is 23.1 Å². The molecule has 2 aromatic heterocycles. The van der Waals surface area contributed by atoms with Gasteiger partial charge in [-0.2, -0.15) is 5.26 Å². The number of amides is 1. The van der Waals surface area contributed by atoms with Crippen molar-refractivity contribution >= 4 is 39.2 Å². The van der Waals surface area contributed by atoms with Crippen molar-refractivity contribution in [3.05, 3.63) is 20.8 Å². The minimum Gasteiger partial charge on any atom is -0.337 e. The van der Waals surface area contributed by atoms with Gasteiger partial charge >= 0.3 is 0 Å². The van der Waals surface area contributed by atoms with Crippen molar-refractivity contribution in [2.75, 3.05) is 5.75 Å². The molecule has 1 atom stereocenters. The first-order valence-corrected chi connectivity index (χ1v) is 13.2. The van der Waals surface area contributed by atoms with E-state index in [1.165, 1.54) is 22.2 Å². The molecule has 8 heteroatoms. The molecule has 1 saturated carbocycles. The molecule has 0 spiro atoms. The van der Waals surface area contributed by atoms with Crippen LogP contribution in [0, 0.1) is 17.2 Å². The largest absolute Gasteiger partial charge is 0.337 e. The van der Waals surface area contributed by atoms with Gasteiger partial charge in [0.05, 0.1) is 17.2 Å². The molecule has 0 aliphatic heterocycles. The number of aryl methyl sites for hydroxylation is 2. The third-order valence-corrected chi connectivity index (χ3v) is 8.54. The maximum Gasteiger partial charge on any atom is 0.263 e. The number of carbonyl (C=O) groups excluding carboxylic acids is 1. The molecular formula is C23H30N4O2S2. The van der Waals surface area contributed by atoms with Crippen LogP contribution in [-0.4, -0.2) is 26.8 Å².